The summed E-state index contributed by atoms with van der Waals surface area (Å²) in [6, 6.07) is 27.0. The van der Waals surface area contributed by atoms with Crippen LogP contribution in [0.5, 0.6) is 5.75 Å². The number of ether oxygens (including phenoxy) is 2. The van der Waals surface area contributed by atoms with Crippen molar-refractivity contribution in [1.29, 1.82) is 0 Å². The highest BCUT2D eigenvalue weighted by molar-refractivity contribution is 5.95. The molecule has 0 saturated carbocycles. The lowest BCUT2D eigenvalue weighted by Gasteiger charge is -2.59. The lowest BCUT2D eigenvalue weighted by molar-refractivity contribution is -0.198. The minimum atomic E-state index is -0.909. The van der Waals surface area contributed by atoms with E-state index in [2.05, 4.69) is 6.07 Å². The standard InChI is InChI=1S/C25H21NO4/c27-22(17-29-20-12-5-2-6-13-20)30-23-24(28)26-16-15-18-9-7-8-14-21(18)25(23,26)19-10-3-1-4-11-19/h1-14,23H,15-17H2. The number of amides is 1. The zero-order valence-corrected chi connectivity index (χ0v) is 16.4. The predicted octanol–water partition coefficient (Wildman–Crippen LogP) is 3.32. The average Bonchev–Trinajstić information content (AvgIpc) is 2.81. The van der Waals surface area contributed by atoms with Crippen LogP contribution in [0.25, 0.3) is 0 Å². The number of carbonyl (C=O) groups excluding carboxylic acids is 2. The highest BCUT2D eigenvalue weighted by Crippen LogP contribution is 2.52. The molecule has 30 heavy (non-hydrogen) atoms. The van der Waals surface area contributed by atoms with Gasteiger partial charge in [0.2, 0.25) is 6.10 Å². The summed E-state index contributed by atoms with van der Waals surface area (Å²) in [4.78, 5) is 27.4. The molecule has 0 aliphatic carbocycles. The van der Waals surface area contributed by atoms with Crippen molar-refractivity contribution in [3.8, 4) is 5.75 Å². The van der Waals surface area contributed by atoms with E-state index in [9.17, 15) is 9.59 Å². The summed E-state index contributed by atoms with van der Waals surface area (Å²) in [7, 11) is 0. The minimum Gasteiger partial charge on any atom is -0.482 e. The smallest absolute Gasteiger partial charge is 0.345 e. The number of fused-ring (bicyclic) bond motifs is 3. The molecule has 3 aromatic carbocycles. The number of hydrogen-bond acceptors (Lipinski definition) is 4. The monoisotopic (exact) mass is 399 g/mol. The molecule has 5 nitrogen and oxygen atoms in total. The number of benzene rings is 3. The number of esters is 1. The lowest BCUT2D eigenvalue weighted by Crippen LogP contribution is -2.75. The molecule has 3 aromatic rings. The van der Waals surface area contributed by atoms with E-state index in [0.29, 0.717) is 12.3 Å². The van der Waals surface area contributed by atoms with Gasteiger partial charge >= 0.3 is 5.97 Å². The van der Waals surface area contributed by atoms with E-state index in [0.717, 1.165) is 17.5 Å². The van der Waals surface area contributed by atoms with Crippen LogP contribution >= 0.6 is 0 Å². The summed E-state index contributed by atoms with van der Waals surface area (Å²) >= 11 is 0. The maximum Gasteiger partial charge on any atom is 0.345 e. The lowest BCUT2D eigenvalue weighted by atomic mass is 9.66. The van der Waals surface area contributed by atoms with Crippen LogP contribution < -0.4 is 4.74 Å². The highest BCUT2D eigenvalue weighted by Gasteiger charge is 2.66. The van der Waals surface area contributed by atoms with Crippen LogP contribution in [0.2, 0.25) is 0 Å². The van der Waals surface area contributed by atoms with Gasteiger partial charge in [-0.2, -0.15) is 0 Å². The van der Waals surface area contributed by atoms with Crippen LogP contribution in [0.15, 0.2) is 84.9 Å². The highest BCUT2D eigenvalue weighted by atomic mass is 16.6. The molecule has 150 valence electrons. The summed E-state index contributed by atoms with van der Waals surface area (Å²) in [6.45, 7) is 0.347. The third-order valence-corrected chi connectivity index (χ3v) is 5.89. The fraction of sp³-hybridized carbons (Fsp3) is 0.200. The Balaban J connectivity index is 1.47. The second kappa shape index (κ2) is 7.34. The SMILES string of the molecule is O=C(COc1ccccc1)OC1C(=O)N2CCc3ccccc3C12c1ccccc1. The summed E-state index contributed by atoms with van der Waals surface area (Å²) in [5.41, 5.74) is 2.34. The molecule has 0 aromatic heterocycles. The van der Waals surface area contributed by atoms with Gasteiger partial charge in [-0.05, 0) is 35.2 Å². The quantitative estimate of drug-likeness (QED) is 0.488. The Labute approximate surface area is 174 Å². The van der Waals surface area contributed by atoms with E-state index in [4.69, 9.17) is 9.47 Å². The molecule has 1 fully saturated rings. The molecule has 0 spiro atoms. The van der Waals surface area contributed by atoms with E-state index in [1.807, 2.05) is 71.6 Å². The molecule has 2 atom stereocenters. The Hall–Kier alpha value is -3.60. The molecular weight excluding hydrogens is 378 g/mol. The molecule has 2 aliphatic heterocycles. The maximum atomic E-state index is 13.0. The van der Waals surface area contributed by atoms with Crippen LogP contribution in [0, 0.1) is 0 Å². The van der Waals surface area contributed by atoms with Crippen molar-refractivity contribution in [3.05, 3.63) is 102 Å². The Morgan fingerprint density at radius 3 is 2.37 bits per heavy atom. The Morgan fingerprint density at radius 2 is 1.60 bits per heavy atom. The number of rotatable bonds is 5. The molecule has 5 heteroatoms. The van der Waals surface area contributed by atoms with Crippen molar-refractivity contribution in [2.75, 3.05) is 13.2 Å². The molecule has 0 bridgehead atoms. The third-order valence-electron chi connectivity index (χ3n) is 5.89. The fourth-order valence-corrected chi connectivity index (χ4v) is 4.60. The molecule has 2 aliphatic rings. The van der Waals surface area contributed by atoms with Gasteiger partial charge in [-0.25, -0.2) is 4.79 Å². The number of hydrogen-bond donors (Lipinski definition) is 0. The predicted molar refractivity (Wildman–Crippen MR) is 111 cm³/mol. The van der Waals surface area contributed by atoms with Crippen LogP contribution in [0.1, 0.15) is 16.7 Å². The Kier molecular flexibility index (Phi) is 4.51. The van der Waals surface area contributed by atoms with E-state index in [1.165, 1.54) is 5.56 Å². The minimum absolute atomic E-state index is 0.165. The van der Waals surface area contributed by atoms with Gasteiger partial charge in [0.1, 0.15) is 11.3 Å². The molecule has 0 radical (unpaired) electrons. The molecule has 1 saturated heterocycles. The van der Waals surface area contributed by atoms with Gasteiger partial charge < -0.3 is 14.4 Å². The van der Waals surface area contributed by atoms with E-state index in [1.54, 1.807) is 12.1 Å². The molecule has 5 rings (SSSR count). The van der Waals surface area contributed by atoms with Crippen LogP contribution in [0.4, 0.5) is 0 Å². The third kappa shape index (κ3) is 2.77. The van der Waals surface area contributed by atoms with Gasteiger partial charge in [-0.1, -0.05) is 72.8 Å². The molecular formula is C25H21NO4. The van der Waals surface area contributed by atoms with Crippen LogP contribution in [-0.4, -0.2) is 36.0 Å². The van der Waals surface area contributed by atoms with E-state index in [-0.39, 0.29) is 12.5 Å². The Bertz CT molecular complexity index is 1080. The second-order valence-corrected chi connectivity index (χ2v) is 7.50. The van der Waals surface area contributed by atoms with Crippen molar-refractivity contribution in [3.63, 3.8) is 0 Å². The Morgan fingerprint density at radius 1 is 0.933 bits per heavy atom. The fourth-order valence-electron chi connectivity index (χ4n) is 4.60. The van der Waals surface area contributed by atoms with Gasteiger partial charge in [0.15, 0.2) is 6.61 Å². The first-order chi connectivity index (χ1) is 14.7. The summed E-state index contributed by atoms with van der Waals surface area (Å²) in [6.07, 6.45) is -0.123. The van der Waals surface area contributed by atoms with Crippen molar-refractivity contribution in [2.45, 2.75) is 18.1 Å². The second-order valence-electron chi connectivity index (χ2n) is 7.50. The first kappa shape index (κ1) is 18.4. The van der Waals surface area contributed by atoms with Crippen molar-refractivity contribution < 1.29 is 19.1 Å². The van der Waals surface area contributed by atoms with E-state index >= 15 is 0 Å². The normalized spacial score (nSPS) is 21.8. The van der Waals surface area contributed by atoms with Crippen molar-refractivity contribution >= 4 is 11.9 Å². The topological polar surface area (TPSA) is 55.8 Å². The van der Waals surface area contributed by atoms with Gasteiger partial charge in [-0.15, -0.1) is 0 Å². The first-order valence-electron chi connectivity index (χ1n) is 10.0. The first-order valence-corrected chi connectivity index (χ1v) is 10.0. The van der Waals surface area contributed by atoms with Crippen LogP contribution in [-0.2, 0) is 26.3 Å². The van der Waals surface area contributed by atoms with Gasteiger partial charge in [0.05, 0.1) is 0 Å². The molecule has 1 amide bonds. The number of para-hydroxylation sites is 1. The van der Waals surface area contributed by atoms with Gasteiger partial charge in [0, 0.05) is 6.54 Å². The number of β-lactam (4-membered cyclic amide) rings is 1. The zero-order valence-electron chi connectivity index (χ0n) is 16.4. The zero-order chi connectivity index (χ0) is 20.6. The van der Waals surface area contributed by atoms with Gasteiger partial charge in [-0.3, -0.25) is 4.79 Å². The number of nitrogens with zero attached hydrogens (tertiary/aromatic N) is 1. The largest absolute Gasteiger partial charge is 0.482 e. The summed E-state index contributed by atoms with van der Waals surface area (Å²) in [5.74, 6) is -0.145. The summed E-state index contributed by atoms with van der Waals surface area (Å²) in [5, 5.41) is 0. The van der Waals surface area contributed by atoms with Crippen molar-refractivity contribution in [2.24, 2.45) is 0 Å². The maximum absolute atomic E-state index is 13.0. The molecule has 2 heterocycles. The van der Waals surface area contributed by atoms with Crippen molar-refractivity contribution in [1.82, 2.24) is 4.90 Å². The van der Waals surface area contributed by atoms with E-state index < -0.39 is 17.6 Å². The average molecular weight is 399 g/mol. The van der Waals surface area contributed by atoms with Gasteiger partial charge in [0.25, 0.3) is 5.91 Å². The van der Waals surface area contributed by atoms with Crippen LogP contribution in [0.3, 0.4) is 0 Å². The molecule has 0 N–H and O–H groups in total. The summed E-state index contributed by atoms with van der Waals surface area (Å²) < 4.78 is 11.3. The number of carbonyl (C=O) groups is 2. The molecule has 2 unspecified atom stereocenters.